The van der Waals surface area contributed by atoms with Gasteiger partial charge in [0.2, 0.25) is 11.6 Å². The van der Waals surface area contributed by atoms with Crippen molar-refractivity contribution in [3.05, 3.63) is 54.1 Å². The molecule has 4 rings (SSSR count). The molecule has 38 heavy (non-hydrogen) atoms. The Labute approximate surface area is 223 Å². The summed E-state index contributed by atoms with van der Waals surface area (Å²) in [5, 5.41) is 5.50. The topological polar surface area (TPSA) is 137 Å². The summed E-state index contributed by atoms with van der Waals surface area (Å²) < 4.78 is 27.3. The van der Waals surface area contributed by atoms with Crippen molar-refractivity contribution in [1.82, 2.24) is 10.0 Å². The van der Waals surface area contributed by atoms with Gasteiger partial charge < -0.3 is 15.5 Å². The second-order valence-corrected chi connectivity index (χ2v) is 11.7. The fourth-order valence-electron chi connectivity index (χ4n) is 4.87. The molecule has 11 heteroatoms. The molecular weight excluding hydrogens is 506 g/mol. The second-order valence-electron chi connectivity index (χ2n) is 10.0. The fourth-order valence-corrected chi connectivity index (χ4v) is 6.03. The van der Waals surface area contributed by atoms with Gasteiger partial charge in [0.05, 0.1) is 10.6 Å². The van der Waals surface area contributed by atoms with E-state index in [0.717, 1.165) is 37.7 Å². The Balaban J connectivity index is 1.61. The Kier molecular flexibility index (Phi) is 7.86. The van der Waals surface area contributed by atoms with Crippen LogP contribution in [0, 0.1) is 11.8 Å². The minimum atomic E-state index is -4.13. The van der Waals surface area contributed by atoms with Crippen LogP contribution in [0.5, 0.6) is 0 Å². The number of amides is 4. The Morgan fingerprint density at radius 1 is 1.05 bits per heavy atom. The zero-order valence-corrected chi connectivity index (χ0v) is 22.5. The molecule has 0 spiro atoms. The van der Waals surface area contributed by atoms with Crippen molar-refractivity contribution < 1.29 is 22.8 Å². The molecule has 0 saturated heterocycles. The maximum absolute atomic E-state index is 13.9. The second kappa shape index (κ2) is 10.9. The molecular formula is C27H33N5O5S. The molecule has 3 N–H and O–H groups in total. The van der Waals surface area contributed by atoms with Gasteiger partial charge in [-0.25, -0.2) is 17.9 Å². The van der Waals surface area contributed by atoms with Crippen molar-refractivity contribution in [3.8, 4) is 0 Å². The molecule has 2 aliphatic rings. The SMILES string of the molecule is CC(C)C(=O)NS(=O)(=O)c1cccc(NC(=O)N[C@]2(C3CCCCC3)N=Cc3ccccc3N(C)C2=O)c1. The first-order chi connectivity index (χ1) is 18.0. The van der Waals surface area contributed by atoms with E-state index in [0.29, 0.717) is 5.69 Å². The zero-order chi connectivity index (χ0) is 27.5. The number of sulfonamides is 1. The first kappa shape index (κ1) is 27.3. The van der Waals surface area contributed by atoms with Crippen molar-refractivity contribution in [2.75, 3.05) is 17.3 Å². The Morgan fingerprint density at radius 2 is 1.76 bits per heavy atom. The van der Waals surface area contributed by atoms with E-state index in [4.69, 9.17) is 4.99 Å². The fraction of sp³-hybridized carbons (Fsp3) is 0.407. The molecule has 2 aromatic rings. The molecule has 10 nitrogen and oxygen atoms in total. The molecule has 1 aliphatic carbocycles. The lowest BCUT2D eigenvalue weighted by Crippen LogP contribution is -2.63. The van der Waals surface area contributed by atoms with E-state index in [1.807, 2.05) is 29.0 Å². The molecule has 202 valence electrons. The van der Waals surface area contributed by atoms with Crippen LogP contribution in [0.2, 0.25) is 0 Å². The summed E-state index contributed by atoms with van der Waals surface area (Å²) in [6.45, 7) is 3.17. The Hall–Kier alpha value is -3.73. The number of nitrogens with zero attached hydrogens (tertiary/aromatic N) is 2. The minimum Gasteiger partial charge on any atom is -0.311 e. The van der Waals surface area contributed by atoms with Gasteiger partial charge in [-0.15, -0.1) is 0 Å². The third kappa shape index (κ3) is 5.57. The van der Waals surface area contributed by atoms with E-state index < -0.39 is 33.5 Å². The summed E-state index contributed by atoms with van der Waals surface area (Å²) in [6, 6.07) is 12.3. The van der Waals surface area contributed by atoms with Gasteiger partial charge in [0.1, 0.15) is 0 Å². The van der Waals surface area contributed by atoms with E-state index in [1.165, 1.54) is 29.2 Å². The Bertz CT molecular complexity index is 1370. The first-order valence-electron chi connectivity index (χ1n) is 12.7. The van der Waals surface area contributed by atoms with E-state index in [1.54, 1.807) is 27.1 Å². The highest BCUT2D eigenvalue weighted by Gasteiger charge is 2.49. The quantitative estimate of drug-likeness (QED) is 0.515. The van der Waals surface area contributed by atoms with Crippen LogP contribution in [0.15, 0.2) is 58.4 Å². The highest BCUT2D eigenvalue weighted by atomic mass is 32.2. The summed E-state index contributed by atoms with van der Waals surface area (Å²) in [5.41, 5.74) is 0.127. The lowest BCUT2D eigenvalue weighted by Gasteiger charge is -2.40. The van der Waals surface area contributed by atoms with Gasteiger partial charge >= 0.3 is 6.03 Å². The summed E-state index contributed by atoms with van der Waals surface area (Å²) in [6.07, 6.45) is 6.01. The number of urea groups is 1. The van der Waals surface area contributed by atoms with E-state index in [9.17, 15) is 22.8 Å². The molecule has 0 unspecified atom stereocenters. The van der Waals surface area contributed by atoms with Crippen molar-refractivity contribution in [2.24, 2.45) is 16.8 Å². The van der Waals surface area contributed by atoms with Crippen LogP contribution in [-0.4, -0.2) is 45.2 Å². The number of benzene rings is 2. The standard InChI is InChI=1S/C27H33N5O5S/c1-18(2)24(33)31-38(36,37)22-14-9-13-21(16-22)29-26(35)30-27(20-11-5-4-6-12-20)25(34)32(3)23-15-8-7-10-19(23)17-28-27/h7-10,13-18,20H,4-6,11-12H2,1-3H3,(H,31,33)(H2,29,30,35)/t27-/m0/s1. The number of rotatable bonds is 6. The van der Waals surface area contributed by atoms with Gasteiger partial charge in [-0.05, 0) is 37.1 Å². The monoisotopic (exact) mass is 539 g/mol. The maximum atomic E-state index is 13.9. The summed E-state index contributed by atoms with van der Waals surface area (Å²) in [7, 11) is -2.45. The van der Waals surface area contributed by atoms with Gasteiger partial charge in [0.25, 0.3) is 15.9 Å². The smallest absolute Gasteiger partial charge is 0.311 e. The van der Waals surface area contributed by atoms with Crippen LogP contribution in [-0.2, 0) is 19.6 Å². The maximum Gasteiger partial charge on any atom is 0.321 e. The number of hydrogen-bond donors (Lipinski definition) is 3. The molecule has 1 heterocycles. The minimum absolute atomic E-state index is 0.176. The van der Waals surface area contributed by atoms with E-state index in [2.05, 4.69) is 10.6 Å². The van der Waals surface area contributed by atoms with E-state index in [-0.39, 0.29) is 22.4 Å². The van der Waals surface area contributed by atoms with Crippen LogP contribution < -0.4 is 20.3 Å². The number of aliphatic imine (C=N–C) groups is 1. The van der Waals surface area contributed by atoms with Crippen LogP contribution in [0.1, 0.15) is 51.5 Å². The Morgan fingerprint density at radius 3 is 2.47 bits per heavy atom. The number of fused-ring (bicyclic) bond motifs is 1. The van der Waals surface area contributed by atoms with Gasteiger partial charge in [-0.1, -0.05) is 57.4 Å². The van der Waals surface area contributed by atoms with Crippen LogP contribution in [0.3, 0.4) is 0 Å². The normalized spacial score (nSPS) is 20.0. The van der Waals surface area contributed by atoms with Gasteiger partial charge in [0.15, 0.2) is 0 Å². The summed E-state index contributed by atoms with van der Waals surface area (Å²) >= 11 is 0. The van der Waals surface area contributed by atoms with Gasteiger partial charge in [-0.2, -0.15) is 0 Å². The molecule has 4 amide bonds. The van der Waals surface area contributed by atoms with Gasteiger partial charge in [-0.3, -0.25) is 14.6 Å². The summed E-state index contributed by atoms with van der Waals surface area (Å²) in [4.78, 5) is 45.2. The third-order valence-corrected chi connectivity index (χ3v) is 8.34. The molecule has 1 atom stereocenters. The number of likely N-dealkylation sites (N-methyl/N-ethyl adjacent to an activating group) is 1. The number of nitrogens with one attached hydrogen (secondary N) is 3. The lowest BCUT2D eigenvalue weighted by molar-refractivity contribution is -0.126. The third-order valence-electron chi connectivity index (χ3n) is 7.00. The molecule has 2 aromatic carbocycles. The lowest BCUT2D eigenvalue weighted by atomic mass is 9.79. The number of carbonyl (C=O) groups is 3. The number of para-hydroxylation sites is 1. The predicted molar refractivity (Wildman–Crippen MR) is 146 cm³/mol. The highest BCUT2D eigenvalue weighted by Crippen LogP contribution is 2.38. The number of hydrogen-bond acceptors (Lipinski definition) is 6. The van der Waals surface area contributed by atoms with Crippen LogP contribution in [0.25, 0.3) is 0 Å². The average Bonchev–Trinajstić information content (AvgIpc) is 3.00. The number of carbonyl (C=O) groups excluding carboxylic acids is 3. The predicted octanol–water partition coefficient (Wildman–Crippen LogP) is 3.64. The van der Waals surface area contributed by atoms with Crippen molar-refractivity contribution in [2.45, 2.75) is 56.5 Å². The molecule has 1 aliphatic heterocycles. The largest absolute Gasteiger partial charge is 0.321 e. The molecule has 1 saturated carbocycles. The van der Waals surface area contributed by atoms with Crippen molar-refractivity contribution >= 4 is 45.5 Å². The van der Waals surface area contributed by atoms with Gasteiger partial charge in [0, 0.05) is 36.3 Å². The van der Waals surface area contributed by atoms with Crippen molar-refractivity contribution in [1.29, 1.82) is 0 Å². The van der Waals surface area contributed by atoms with Crippen LogP contribution in [0.4, 0.5) is 16.2 Å². The highest BCUT2D eigenvalue weighted by molar-refractivity contribution is 7.90. The van der Waals surface area contributed by atoms with Crippen LogP contribution >= 0.6 is 0 Å². The molecule has 0 aromatic heterocycles. The molecule has 0 bridgehead atoms. The first-order valence-corrected chi connectivity index (χ1v) is 14.2. The van der Waals surface area contributed by atoms with Crippen molar-refractivity contribution in [3.63, 3.8) is 0 Å². The number of anilines is 2. The molecule has 1 fully saturated rings. The van der Waals surface area contributed by atoms with E-state index >= 15 is 0 Å². The summed E-state index contributed by atoms with van der Waals surface area (Å²) in [5.74, 6) is -1.70. The average molecular weight is 540 g/mol. The number of benzodiazepines with no additional fused rings is 1. The zero-order valence-electron chi connectivity index (χ0n) is 21.7. The molecule has 0 radical (unpaired) electrons.